The summed E-state index contributed by atoms with van der Waals surface area (Å²) in [4.78, 5) is 28.5. The number of nitrogens with zero attached hydrogens (tertiary/aromatic N) is 2. The normalized spacial score (nSPS) is 14.9. The molecule has 2 aromatic rings. The van der Waals surface area contributed by atoms with Gasteiger partial charge in [-0.05, 0) is 37.1 Å². The lowest BCUT2D eigenvalue weighted by molar-refractivity contribution is -0.127. The van der Waals surface area contributed by atoms with Crippen molar-refractivity contribution in [3.8, 4) is 0 Å². The number of para-hydroxylation sites is 1. The van der Waals surface area contributed by atoms with Gasteiger partial charge < -0.3 is 10.2 Å². The van der Waals surface area contributed by atoms with Gasteiger partial charge >= 0.3 is 0 Å². The van der Waals surface area contributed by atoms with Crippen LogP contribution in [0, 0.1) is 19.7 Å². The number of hydrogen-bond acceptors (Lipinski definition) is 3. The third-order valence-electron chi connectivity index (χ3n) is 5.11. The number of nitrogens with one attached hydrogen (secondary N) is 1. The molecule has 0 aromatic heterocycles. The maximum atomic E-state index is 13.6. The first-order valence-electron chi connectivity index (χ1n) is 9.74. The van der Waals surface area contributed by atoms with Gasteiger partial charge in [0.15, 0.2) is 0 Å². The lowest BCUT2D eigenvalue weighted by Crippen LogP contribution is -2.50. The molecule has 6 heteroatoms. The molecule has 1 fully saturated rings. The van der Waals surface area contributed by atoms with Crippen molar-refractivity contribution in [2.75, 3.05) is 38.0 Å². The van der Waals surface area contributed by atoms with E-state index in [0.29, 0.717) is 38.3 Å². The predicted molar refractivity (Wildman–Crippen MR) is 113 cm³/mol. The van der Waals surface area contributed by atoms with Gasteiger partial charge in [0.05, 0.1) is 6.54 Å². The molecule has 2 amide bonds. The summed E-state index contributed by atoms with van der Waals surface area (Å²) in [7, 11) is 0. The Morgan fingerprint density at radius 3 is 2.31 bits per heavy atom. The first-order chi connectivity index (χ1) is 13.9. The van der Waals surface area contributed by atoms with E-state index in [1.165, 1.54) is 18.2 Å². The molecule has 1 saturated heterocycles. The summed E-state index contributed by atoms with van der Waals surface area (Å²) in [6.07, 6.45) is 2.91. The third-order valence-corrected chi connectivity index (χ3v) is 5.11. The summed E-state index contributed by atoms with van der Waals surface area (Å²) in [6.45, 7) is 6.57. The zero-order valence-electron chi connectivity index (χ0n) is 16.8. The van der Waals surface area contributed by atoms with Crippen molar-refractivity contribution >= 4 is 23.6 Å². The van der Waals surface area contributed by atoms with E-state index in [9.17, 15) is 14.0 Å². The fourth-order valence-corrected chi connectivity index (χ4v) is 3.40. The second kappa shape index (κ2) is 9.47. The van der Waals surface area contributed by atoms with E-state index in [2.05, 4.69) is 5.32 Å². The average Bonchev–Trinajstić information content (AvgIpc) is 2.70. The van der Waals surface area contributed by atoms with Crippen LogP contribution in [0.3, 0.4) is 0 Å². The number of benzene rings is 2. The molecule has 1 aliphatic rings. The van der Waals surface area contributed by atoms with Crippen LogP contribution in [0.5, 0.6) is 0 Å². The molecule has 0 saturated carbocycles. The summed E-state index contributed by atoms with van der Waals surface area (Å²) in [5, 5.41) is 3.00. The van der Waals surface area contributed by atoms with Gasteiger partial charge in [-0.1, -0.05) is 36.4 Å². The standard InChI is InChI=1S/C23H26FN3O2/c1-17-6-5-7-18(2)23(17)25-21(28)16-26-12-14-27(15-13-26)22(29)11-10-19-8-3-4-9-20(19)24/h3-11H,12-16H2,1-2H3,(H,25,28)/b11-10+. The van der Waals surface area contributed by atoms with E-state index < -0.39 is 0 Å². The van der Waals surface area contributed by atoms with Crippen molar-refractivity contribution in [2.24, 2.45) is 0 Å². The maximum absolute atomic E-state index is 13.6. The number of anilines is 1. The number of amides is 2. The molecule has 0 atom stereocenters. The van der Waals surface area contributed by atoms with Crippen LogP contribution in [0.4, 0.5) is 10.1 Å². The molecule has 2 aromatic carbocycles. The predicted octanol–water partition coefficient (Wildman–Crippen LogP) is 3.24. The zero-order chi connectivity index (χ0) is 20.8. The molecule has 5 nitrogen and oxygen atoms in total. The van der Waals surface area contributed by atoms with Crippen molar-refractivity contribution in [1.82, 2.24) is 9.80 Å². The van der Waals surface area contributed by atoms with Crippen LogP contribution >= 0.6 is 0 Å². The summed E-state index contributed by atoms with van der Waals surface area (Å²) < 4.78 is 13.6. The Balaban J connectivity index is 1.48. The minimum absolute atomic E-state index is 0.0541. The Hall–Kier alpha value is -2.99. The lowest BCUT2D eigenvalue weighted by Gasteiger charge is -2.33. The molecule has 1 aliphatic heterocycles. The molecule has 0 radical (unpaired) electrons. The second-order valence-corrected chi connectivity index (χ2v) is 7.27. The van der Waals surface area contributed by atoms with Crippen LogP contribution in [-0.2, 0) is 9.59 Å². The fourth-order valence-electron chi connectivity index (χ4n) is 3.40. The maximum Gasteiger partial charge on any atom is 0.246 e. The Morgan fingerprint density at radius 2 is 1.66 bits per heavy atom. The van der Waals surface area contributed by atoms with Crippen molar-refractivity contribution < 1.29 is 14.0 Å². The minimum Gasteiger partial charge on any atom is -0.337 e. The van der Waals surface area contributed by atoms with Crippen LogP contribution in [0.1, 0.15) is 16.7 Å². The van der Waals surface area contributed by atoms with Crippen LogP contribution in [0.15, 0.2) is 48.5 Å². The highest BCUT2D eigenvalue weighted by molar-refractivity contribution is 5.94. The SMILES string of the molecule is Cc1cccc(C)c1NC(=O)CN1CCN(C(=O)/C=C/c2ccccc2F)CC1. The monoisotopic (exact) mass is 395 g/mol. The van der Waals surface area contributed by atoms with Gasteiger partial charge in [-0.25, -0.2) is 4.39 Å². The topological polar surface area (TPSA) is 52.7 Å². The van der Waals surface area contributed by atoms with Gasteiger partial charge in [0.25, 0.3) is 0 Å². The first kappa shape index (κ1) is 20.7. The molecule has 29 heavy (non-hydrogen) atoms. The fraction of sp³-hybridized carbons (Fsp3) is 0.304. The van der Waals surface area contributed by atoms with Crippen LogP contribution in [0.2, 0.25) is 0 Å². The van der Waals surface area contributed by atoms with E-state index in [0.717, 1.165) is 16.8 Å². The molecule has 0 aliphatic carbocycles. The Labute approximate surface area is 170 Å². The minimum atomic E-state index is -0.351. The molecule has 0 spiro atoms. The van der Waals surface area contributed by atoms with E-state index >= 15 is 0 Å². The van der Waals surface area contributed by atoms with Gasteiger partial charge in [-0.15, -0.1) is 0 Å². The molecule has 152 valence electrons. The first-order valence-corrected chi connectivity index (χ1v) is 9.74. The number of aryl methyl sites for hydroxylation is 2. The quantitative estimate of drug-likeness (QED) is 0.791. The highest BCUT2D eigenvalue weighted by Gasteiger charge is 2.21. The van der Waals surface area contributed by atoms with Crippen LogP contribution < -0.4 is 5.32 Å². The molecule has 0 bridgehead atoms. The van der Waals surface area contributed by atoms with Gasteiger partial charge in [-0.2, -0.15) is 0 Å². The number of carbonyl (C=O) groups excluding carboxylic acids is 2. The van der Waals surface area contributed by atoms with E-state index in [-0.39, 0.29) is 17.6 Å². The molecular formula is C23H26FN3O2. The van der Waals surface area contributed by atoms with Crippen molar-refractivity contribution in [3.05, 3.63) is 71.0 Å². The summed E-state index contributed by atoms with van der Waals surface area (Å²) in [5.74, 6) is -0.550. The van der Waals surface area contributed by atoms with Crippen molar-refractivity contribution in [1.29, 1.82) is 0 Å². The Morgan fingerprint density at radius 1 is 1.00 bits per heavy atom. The molecule has 0 unspecified atom stereocenters. The lowest BCUT2D eigenvalue weighted by atomic mass is 10.1. The number of hydrogen-bond donors (Lipinski definition) is 1. The summed E-state index contributed by atoms with van der Waals surface area (Å²) in [5.41, 5.74) is 3.33. The highest BCUT2D eigenvalue weighted by Crippen LogP contribution is 2.19. The average molecular weight is 395 g/mol. The smallest absolute Gasteiger partial charge is 0.246 e. The molecule has 1 heterocycles. The van der Waals surface area contributed by atoms with E-state index in [4.69, 9.17) is 0 Å². The van der Waals surface area contributed by atoms with E-state index in [1.807, 2.05) is 36.9 Å². The number of rotatable bonds is 5. The largest absolute Gasteiger partial charge is 0.337 e. The summed E-state index contributed by atoms with van der Waals surface area (Å²) in [6, 6.07) is 12.3. The molecule has 3 rings (SSSR count). The number of halogens is 1. The third kappa shape index (κ3) is 5.51. The number of piperazine rings is 1. The van der Waals surface area contributed by atoms with Gasteiger partial charge in [0, 0.05) is 43.5 Å². The van der Waals surface area contributed by atoms with Gasteiger partial charge in [-0.3, -0.25) is 14.5 Å². The number of carbonyl (C=O) groups is 2. The van der Waals surface area contributed by atoms with E-state index in [1.54, 1.807) is 23.1 Å². The highest BCUT2D eigenvalue weighted by atomic mass is 19.1. The molecular weight excluding hydrogens is 369 g/mol. The molecule has 1 N–H and O–H groups in total. The van der Waals surface area contributed by atoms with Gasteiger partial charge in [0.2, 0.25) is 11.8 Å². The Kier molecular flexibility index (Phi) is 6.77. The van der Waals surface area contributed by atoms with Crippen LogP contribution in [0.25, 0.3) is 6.08 Å². The Bertz CT molecular complexity index is 898. The van der Waals surface area contributed by atoms with Gasteiger partial charge in [0.1, 0.15) is 5.82 Å². The second-order valence-electron chi connectivity index (χ2n) is 7.27. The van der Waals surface area contributed by atoms with Crippen LogP contribution in [-0.4, -0.2) is 54.3 Å². The van der Waals surface area contributed by atoms with Crippen molar-refractivity contribution in [3.63, 3.8) is 0 Å². The summed E-state index contributed by atoms with van der Waals surface area (Å²) >= 11 is 0. The van der Waals surface area contributed by atoms with Crippen molar-refractivity contribution in [2.45, 2.75) is 13.8 Å². The zero-order valence-corrected chi connectivity index (χ0v) is 16.8.